The molecule has 11 nitrogen and oxygen atoms in total. The van der Waals surface area contributed by atoms with Gasteiger partial charge < -0.3 is 29.2 Å². The van der Waals surface area contributed by atoms with Gasteiger partial charge in [0.2, 0.25) is 5.91 Å². The Balaban J connectivity index is 1.10. The number of amides is 1. The second-order valence-corrected chi connectivity index (χ2v) is 8.58. The summed E-state index contributed by atoms with van der Waals surface area (Å²) < 4.78 is 24.5. The van der Waals surface area contributed by atoms with Crippen molar-refractivity contribution < 1.29 is 23.7 Å². The molecule has 0 unspecified atom stereocenters. The van der Waals surface area contributed by atoms with E-state index in [0.717, 1.165) is 31.7 Å². The van der Waals surface area contributed by atoms with Gasteiger partial charge in [-0.05, 0) is 24.3 Å². The van der Waals surface area contributed by atoms with Crippen LogP contribution in [0.3, 0.4) is 0 Å². The predicted octanol–water partition coefficient (Wildman–Crippen LogP) is 1.81. The molecular weight excluding hydrogens is 440 g/mol. The molecule has 0 aliphatic carbocycles. The van der Waals surface area contributed by atoms with Crippen LogP contribution in [-0.4, -0.2) is 71.0 Å². The second kappa shape index (κ2) is 8.73. The molecule has 1 aromatic carbocycles. The van der Waals surface area contributed by atoms with Crippen LogP contribution < -0.4 is 19.7 Å². The molecule has 0 atom stereocenters. The lowest BCUT2D eigenvalue weighted by Crippen LogP contribution is -2.45. The molecule has 1 spiro atoms. The monoisotopic (exact) mass is 466 g/mol. The number of aromatic nitrogens is 4. The number of nitrogens with one attached hydrogen (secondary N) is 1. The van der Waals surface area contributed by atoms with E-state index in [2.05, 4.69) is 20.4 Å². The fraction of sp³-hybridized carbons (Fsp3) is 0.478. The number of benzene rings is 1. The Morgan fingerprint density at radius 2 is 1.76 bits per heavy atom. The summed E-state index contributed by atoms with van der Waals surface area (Å²) in [6.45, 7) is 3.95. The van der Waals surface area contributed by atoms with Crippen molar-refractivity contribution in [3.05, 3.63) is 36.2 Å². The number of aryl methyl sites for hydroxylation is 1. The van der Waals surface area contributed by atoms with E-state index in [1.807, 2.05) is 12.1 Å². The van der Waals surface area contributed by atoms with Crippen LogP contribution in [0.5, 0.6) is 11.5 Å². The van der Waals surface area contributed by atoms with Crippen molar-refractivity contribution in [2.45, 2.75) is 31.5 Å². The number of piperidine rings is 1. The van der Waals surface area contributed by atoms with Crippen LogP contribution in [0.25, 0.3) is 5.65 Å². The van der Waals surface area contributed by atoms with Crippen molar-refractivity contribution in [2.24, 2.45) is 0 Å². The Morgan fingerprint density at radius 3 is 2.59 bits per heavy atom. The summed E-state index contributed by atoms with van der Waals surface area (Å²) in [6, 6.07) is 9.24. The Kier molecular flexibility index (Phi) is 5.42. The van der Waals surface area contributed by atoms with Gasteiger partial charge in [-0.3, -0.25) is 4.79 Å². The van der Waals surface area contributed by atoms with E-state index in [1.54, 1.807) is 22.7 Å². The van der Waals surface area contributed by atoms with Gasteiger partial charge >= 0.3 is 0 Å². The van der Waals surface area contributed by atoms with E-state index < -0.39 is 5.79 Å². The van der Waals surface area contributed by atoms with E-state index in [1.165, 1.54) is 0 Å². The van der Waals surface area contributed by atoms with Gasteiger partial charge in [-0.2, -0.15) is 4.52 Å². The van der Waals surface area contributed by atoms with Crippen LogP contribution in [0, 0.1) is 0 Å². The molecule has 1 N–H and O–H groups in total. The first-order valence-corrected chi connectivity index (χ1v) is 11.6. The Labute approximate surface area is 195 Å². The second-order valence-electron chi connectivity index (χ2n) is 8.58. The number of nitrogens with zero attached hydrogens (tertiary/aromatic N) is 5. The average molecular weight is 466 g/mol. The molecule has 2 saturated heterocycles. The maximum atomic E-state index is 12.6. The number of fused-ring (bicyclic) bond motifs is 2. The minimum absolute atomic E-state index is 0.123. The number of carbonyl (C=O) groups is 1. The molecule has 2 aromatic heterocycles. The quantitative estimate of drug-likeness (QED) is 0.602. The Hall–Kier alpha value is -3.44. The predicted molar refractivity (Wildman–Crippen MR) is 121 cm³/mol. The van der Waals surface area contributed by atoms with Gasteiger partial charge in [0.1, 0.15) is 19.0 Å². The molecule has 3 aliphatic heterocycles. The zero-order valence-electron chi connectivity index (χ0n) is 18.7. The third-order valence-electron chi connectivity index (χ3n) is 6.38. The smallest absolute Gasteiger partial charge is 0.224 e. The fourth-order valence-electron chi connectivity index (χ4n) is 4.58. The summed E-state index contributed by atoms with van der Waals surface area (Å²) in [5.41, 5.74) is 1.32. The van der Waals surface area contributed by atoms with Crippen LogP contribution in [0.1, 0.15) is 25.1 Å². The van der Waals surface area contributed by atoms with E-state index >= 15 is 0 Å². The zero-order chi connectivity index (χ0) is 23.0. The summed E-state index contributed by atoms with van der Waals surface area (Å²) in [7, 11) is 0. The minimum Gasteiger partial charge on any atom is -0.486 e. The number of ether oxygens (including phenoxy) is 4. The number of anilines is 2. The van der Waals surface area contributed by atoms with Crippen LogP contribution >= 0.6 is 0 Å². The number of carbonyl (C=O) groups excluding carboxylic acids is 1. The Morgan fingerprint density at radius 1 is 0.971 bits per heavy atom. The normalized spacial score (nSPS) is 19.0. The van der Waals surface area contributed by atoms with E-state index in [9.17, 15) is 4.79 Å². The van der Waals surface area contributed by atoms with Crippen molar-refractivity contribution in [3.63, 3.8) is 0 Å². The first kappa shape index (κ1) is 21.1. The van der Waals surface area contributed by atoms with Crippen molar-refractivity contribution in [2.75, 3.05) is 49.7 Å². The molecule has 0 saturated carbocycles. The van der Waals surface area contributed by atoms with Crippen LogP contribution in [-0.2, 0) is 20.7 Å². The van der Waals surface area contributed by atoms with E-state index in [-0.39, 0.29) is 12.3 Å². The molecule has 1 amide bonds. The minimum atomic E-state index is -0.424. The van der Waals surface area contributed by atoms with Gasteiger partial charge in [0.15, 0.2) is 28.8 Å². The van der Waals surface area contributed by atoms with Gasteiger partial charge in [-0.25, -0.2) is 0 Å². The number of hydrogen-bond donors (Lipinski definition) is 1. The van der Waals surface area contributed by atoms with Crippen LogP contribution in [0.4, 0.5) is 11.5 Å². The first-order chi connectivity index (χ1) is 16.7. The van der Waals surface area contributed by atoms with Crippen LogP contribution in [0.15, 0.2) is 30.3 Å². The van der Waals surface area contributed by atoms with Gasteiger partial charge in [0.05, 0.1) is 13.2 Å². The molecule has 5 heterocycles. The molecule has 6 rings (SSSR count). The molecular formula is C23H26N6O5. The maximum absolute atomic E-state index is 12.6. The summed E-state index contributed by atoms with van der Waals surface area (Å²) in [5.74, 6) is 2.27. The molecule has 3 aromatic rings. The lowest BCUT2D eigenvalue weighted by Gasteiger charge is -2.38. The van der Waals surface area contributed by atoms with Gasteiger partial charge in [0.25, 0.3) is 0 Å². The number of rotatable bonds is 5. The third kappa shape index (κ3) is 4.12. The molecule has 178 valence electrons. The zero-order valence-corrected chi connectivity index (χ0v) is 18.7. The highest BCUT2D eigenvalue weighted by Gasteiger charge is 2.40. The van der Waals surface area contributed by atoms with Crippen molar-refractivity contribution in [3.8, 4) is 11.5 Å². The summed E-state index contributed by atoms with van der Waals surface area (Å²) in [5, 5.41) is 16.1. The average Bonchev–Trinajstić information content (AvgIpc) is 3.50. The molecule has 0 bridgehead atoms. The largest absolute Gasteiger partial charge is 0.486 e. The van der Waals surface area contributed by atoms with Gasteiger partial charge in [-0.1, -0.05) is 0 Å². The maximum Gasteiger partial charge on any atom is 0.224 e. The SMILES string of the molecule is O=C(CCc1nnc2ccc(N3CCC4(CC3)OCCO4)nn12)Nc1ccc2c(c1)OCCO2. The molecule has 0 radical (unpaired) electrons. The highest BCUT2D eigenvalue weighted by atomic mass is 16.7. The summed E-state index contributed by atoms with van der Waals surface area (Å²) in [4.78, 5) is 14.8. The lowest BCUT2D eigenvalue weighted by atomic mass is 10.0. The molecule has 2 fully saturated rings. The first-order valence-electron chi connectivity index (χ1n) is 11.6. The molecule has 11 heteroatoms. The summed E-state index contributed by atoms with van der Waals surface area (Å²) in [6.07, 6.45) is 2.28. The van der Waals surface area contributed by atoms with E-state index in [4.69, 9.17) is 24.0 Å². The van der Waals surface area contributed by atoms with Crippen LogP contribution in [0.2, 0.25) is 0 Å². The standard InChI is InChI=1S/C23H26N6O5/c30-22(24-16-1-2-17-18(15-16)32-12-11-31-17)6-5-20-26-25-19-3-4-21(27-29(19)20)28-9-7-23(8-10-28)33-13-14-34-23/h1-4,15H,5-14H2,(H,24,30). The van der Waals surface area contributed by atoms with Gasteiger partial charge in [0, 0.05) is 50.5 Å². The van der Waals surface area contributed by atoms with Crippen molar-refractivity contribution >= 4 is 23.1 Å². The lowest BCUT2D eigenvalue weighted by molar-refractivity contribution is -0.169. The third-order valence-corrected chi connectivity index (χ3v) is 6.38. The Bertz CT molecular complexity index is 1200. The highest BCUT2D eigenvalue weighted by molar-refractivity contribution is 5.91. The molecule has 3 aliphatic rings. The topological polar surface area (TPSA) is 112 Å². The fourth-order valence-corrected chi connectivity index (χ4v) is 4.58. The highest BCUT2D eigenvalue weighted by Crippen LogP contribution is 2.33. The number of hydrogen-bond acceptors (Lipinski definition) is 9. The molecule has 34 heavy (non-hydrogen) atoms. The summed E-state index contributed by atoms with van der Waals surface area (Å²) >= 11 is 0. The van der Waals surface area contributed by atoms with E-state index in [0.29, 0.717) is 61.5 Å². The van der Waals surface area contributed by atoms with Crippen molar-refractivity contribution in [1.82, 2.24) is 19.8 Å². The van der Waals surface area contributed by atoms with Crippen molar-refractivity contribution in [1.29, 1.82) is 0 Å². The van der Waals surface area contributed by atoms with Gasteiger partial charge in [-0.15, -0.1) is 15.3 Å².